The van der Waals surface area contributed by atoms with Crippen LogP contribution in [0.2, 0.25) is 0 Å². The Morgan fingerprint density at radius 1 is 1.17 bits per heavy atom. The average molecular weight is 314 g/mol. The fourth-order valence-corrected chi connectivity index (χ4v) is 2.99. The molecule has 1 aromatic carbocycles. The summed E-state index contributed by atoms with van der Waals surface area (Å²) in [6.45, 7) is 7.53. The molecule has 0 saturated carbocycles. The van der Waals surface area contributed by atoms with Crippen LogP contribution in [0.15, 0.2) is 42.0 Å². The number of ether oxygens (including phenoxy) is 1. The fourth-order valence-electron chi connectivity index (χ4n) is 2.99. The lowest BCUT2D eigenvalue weighted by molar-refractivity contribution is -0.163. The zero-order chi connectivity index (χ0) is 17.0. The second-order valence-corrected chi connectivity index (χ2v) is 7.34. The van der Waals surface area contributed by atoms with E-state index in [2.05, 4.69) is 6.08 Å². The van der Waals surface area contributed by atoms with Crippen molar-refractivity contribution in [1.29, 1.82) is 0 Å². The van der Waals surface area contributed by atoms with Gasteiger partial charge in [-0.3, -0.25) is 9.59 Å². The second kappa shape index (κ2) is 7.12. The van der Waals surface area contributed by atoms with Crippen LogP contribution in [-0.4, -0.2) is 17.4 Å². The van der Waals surface area contributed by atoms with E-state index in [0.717, 1.165) is 12.0 Å². The van der Waals surface area contributed by atoms with Crippen molar-refractivity contribution in [1.82, 2.24) is 0 Å². The third kappa shape index (κ3) is 5.05. The summed E-state index contributed by atoms with van der Waals surface area (Å²) in [6.07, 6.45) is 3.90. The second-order valence-electron chi connectivity index (χ2n) is 7.34. The lowest BCUT2D eigenvalue weighted by Crippen LogP contribution is -2.36. The Balaban J connectivity index is 2.29. The molecule has 0 aliphatic heterocycles. The van der Waals surface area contributed by atoms with Crippen LogP contribution < -0.4 is 0 Å². The summed E-state index contributed by atoms with van der Waals surface area (Å²) >= 11 is 0. The van der Waals surface area contributed by atoms with E-state index in [0.29, 0.717) is 12.8 Å². The zero-order valence-corrected chi connectivity index (χ0v) is 14.5. The van der Waals surface area contributed by atoms with Gasteiger partial charge >= 0.3 is 5.97 Å². The summed E-state index contributed by atoms with van der Waals surface area (Å²) in [7, 11) is 0. The molecular weight excluding hydrogens is 288 g/mol. The lowest BCUT2D eigenvalue weighted by Gasteiger charge is -2.26. The van der Waals surface area contributed by atoms with Crippen LogP contribution >= 0.6 is 0 Å². The first-order chi connectivity index (χ1) is 10.8. The summed E-state index contributed by atoms with van der Waals surface area (Å²) < 4.78 is 5.52. The van der Waals surface area contributed by atoms with Crippen LogP contribution in [0.3, 0.4) is 0 Å². The molecule has 0 N–H and O–H groups in total. The highest BCUT2D eigenvalue weighted by atomic mass is 16.6. The molecule has 2 unspecified atom stereocenters. The van der Waals surface area contributed by atoms with Crippen molar-refractivity contribution in [3.8, 4) is 0 Å². The van der Waals surface area contributed by atoms with Crippen molar-refractivity contribution >= 4 is 11.8 Å². The van der Waals surface area contributed by atoms with E-state index < -0.39 is 17.5 Å². The Morgan fingerprint density at radius 2 is 1.83 bits per heavy atom. The zero-order valence-electron chi connectivity index (χ0n) is 14.5. The van der Waals surface area contributed by atoms with Crippen molar-refractivity contribution in [2.75, 3.05) is 0 Å². The van der Waals surface area contributed by atoms with Gasteiger partial charge in [0.25, 0.3) is 0 Å². The minimum Gasteiger partial charge on any atom is -0.459 e. The van der Waals surface area contributed by atoms with E-state index in [-0.39, 0.29) is 11.7 Å². The number of rotatable bonds is 3. The number of Topliss-reactive ketones (excluding diaryl/α,β-unsaturated/α-hetero) is 1. The first kappa shape index (κ1) is 17.5. The Kier molecular flexibility index (Phi) is 5.40. The van der Waals surface area contributed by atoms with Crippen LogP contribution in [-0.2, 0) is 20.7 Å². The predicted octanol–water partition coefficient (Wildman–Crippen LogP) is 4.11. The smallest absolute Gasteiger partial charge is 0.317 e. The molecule has 3 nitrogen and oxygen atoms in total. The minimum atomic E-state index is -0.702. The topological polar surface area (TPSA) is 43.4 Å². The predicted molar refractivity (Wildman–Crippen MR) is 91.0 cm³/mol. The molecule has 0 spiro atoms. The van der Waals surface area contributed by atoms with Crippen molar-refractivity contribution in [2.24, 2.45) is 11.8 Å². The number of carbonyl (C=O) groups excluding carboxylic acids is 2. The summed E-state index contributed by atoms with van der Waals surface area (Å²) in [5.74, 6) is -1.24. The SMILES string of the molecule is CC1=CC(Cc2ccccc2)C(C(=O)OC(C)(C)C)C(=O)CC1. The van der Waals surface area contributed by atoms with Crippen LogP contribution in [0.25, 0.3) is 0 Å². The summed E-state index contributed by atoms with van der Waals surface area (Å²) in [4.78, 5) is 25.2. The van der Waals surface area contributed by atoms with Gasteiger partial charge in [-0.25, -0.2) is 0 Å². The quantitative estimate of drug-likeness (QED) is 0.479. The number of hydrogen-bond acceptors (Lipinski definition) is 3. The van der Waals surface area contributed by atoms with Crippen LogP contribution in [0.4, 0.5) is 0 Å². The number of esters is 1. The fraction of sp³-hybridized carbons (Fsp3) is 0.500. The monoisotopic (exact) mass is 314 g/mol. The average Bonchev–Trinajstić information content (AvgIpc) is 2.57. The molecule has 1 aromatic rings. The number of allylic oxidation sites excluding steroid dienone is 2. The van der Waals surface area contributed by atoms with E-state index in [1.54, 1.807) is 0 Å². The Labute approximate surface area is 138 Å². The highest BCUT2D eigenvalue weighted by Crippen LogP contribution is 2.30. The maximum Gasteiger partial charge on any atom is 0.317 e. The Bertz CT molecular complexity index is 593. The van der Waals surface area contributed by atoms with Gasteiger partial charge in [0.1, 0.15) is 17.3 Å². The normalized spacial score (nSPS) is 22.3. The minimum absolute atomic E-state index is 0.00622. The van der Waals surface area contributed by atoms with Gasteiger partial charge in [0, 0.05) is 12.3 Å². The van der Waals surface area contributed by atoms with Crippen molar-refractivity contribution in [2.45, 2.75) is 52.6 Å². The van der Waals surface area contributed by atoms with Gasteiger partial charge < -0.3 is 4.74 Å². The third-order valence-corrected chi connectivity index (χ3v) is 4.01. The first-order valence-electron chi connectivity index (χ1n) is 8.23. The van der Waals surface area contributed by atoms with Crippen LogP contribution in [0, 0.1) is 11.8 Å². The van der Waals surface area contributed by atoms with E-state index in [4.69, 9.17) is 4.74 Å². The molecule has 0 radical (unpaired) electrons. The molecule has 2 rings (SSSR count). The first-order valence-corrected chi connectivity index (χ1v) is 8.23. The van der Waals surface area contributed by atoms with E-state index >= 15 is 0 Å². The highest BCUT2D eigenvalue weighted by Gasteiger charge is 2.37. The molecule has 124 valence electrons. The number of hydrogen-bond donors (Lipinski definition) is 0. The molecule has 0 saturated heterocycles. The van der Waals surface area contributed by atoms with Gasteiger partial charge in [0.05, 0.1) is 0 Å². The Morgan fingerprint density at radius 3 is 2.43 bits per heavy atom. The highest BCUT2D eigenvalue weighted by molar-refractivity contribution is 6.00. The number of carbonyl (C=O) groups is 2. The van der Waals surface area contributed by atoms with Gasteiger partial charge in [-0.1, -0.05) is 42.0 Å². The molecule has 23 heavy (non-hydrogen) atoms. The molecule has 1 aliphatic carbocycles. The lowest BCUT2D eigenvalue weighted by atomic mass is 9.84. The van der Waals surface area contributed by atoms with E-state index in [1.165, 1.54) is 5.57 Å². The van der Waals surface area contributed by atoms with Crippen LogP contribution in [0.5, 0.6) is 0 Å². The molecule has 0 aromatic heterocycles. The molecule has 0 amide bonds. The maximum absolute atomic E-state index is 12.6. The molecular formula is C20H26O3. The van der Waals surface area contributed by atoms with Gasteiger partial charge in [-0.05, 0) is 46.1 Å². The summed E-state index contributed by atoms with van der Waals surface area (Å²) in [5.41, 5.74) is 1.72. The summed E-state index contributed by atoms with van der Waals surface area (Å²) in [6, 6.07) is 9.99. The standard InChI is InChI=1S/C20H26O3/c1-14-10-11-17(21)18(19(22)23-20(2,3)4)16(12-14)13-15-8-6-5-7-9-15/h5-9,12,16,18H,10-11,13H2,1-4H3. The largest absolute Gasteiger partial charge is 0.459 e. The third-order valence-electron chi connectivity index (χ3n) is 4.01. The van der Waals surface area contributed by atoms with Gasteiger partial charge in [-0.2, -0.15) is 0 Å². The van der Waals surface area contributed by atoms with Gasteiger partial charge in [0.15, 0.2) is 0 Å². The van der Waals surface area contributed by atoms with Crippen molar-refractivity contribution < 1.29 is 14.3 Å². The number of ketones is 1. The molecule has 0 fully saturated rings. The molecule has 2 atom stereocenters. The molecule has 0 heterocycles. The summed E-state index contributed by atoms with van der Waals surface area (Å²) in [5, 5.41) is 0. The van der Waals surface area contributed by atoms with Gasteiger partial charge in [0.2, 0.25) is 0 Å². The molecule has 3 heteroatoms. The van der Waals surface area contributed by atoms with Gasteiger partial charge in [-0.15, -0.1) is 0 Å². The van der Waals surface area contributed by atoms with E-state index in [9.17, 15) is 9.59 Å². The Hall–Kier alpha value is -1.90. The number of benzene rings is 1. The maximum atomic E-state index is 12.6. The molecule has 0 bridgehead atoms. The van der Waals surface area contributed by atoms with Crippen molar-refractivity contribution in [3.05, 3.63) is 47.5 Å². The van der Waals surface area contributed by atoms with E-state index in [1.807, 2.05) is 58.0 Å². The van der Waals surface area contributed by atoms with Crippen LogP contribution in [0.1, 0.15) is 46.1 Å². The van der Waals surface area contributed by atoms with Crippen molar-refractivity contribution in [3.63, 3.8) is 0 Å². The molecule has 1 aliphatic rings.